The Hall–Kier alpha value is -1.38. The van der Waals surface area contributed by atoms with E-state index in [1.54, 1.807) is 5.57 Å². The molecule has 5 atom stereocenters. The molecule has 3 heteroatoms. The van der Waals surface area contributed by atoms with Gasteiger partial charge in [0.15, 0.2) is 5.78 Å². The SMILES string of the molecule is CCCCCCCCCCC(=O)O[C@H]1CC=C2[C@@H]3CCC4=CC(=O)CC(C)(C)[C@@H]4[C@H]3CC[C@@]21C. The molecule has 2 saturated carbocycles. The minimum atomic E-state index is 0.00590. The minimum absolute atomic E-state index is 0.00590. The van der Waals surface area contributed by atoms with Crippen molar-refractivity contribution in [3.05, 3.63) is 23.3 Å². The number of hydrogen-bond acceptors (Lipinski definition) is 3. The van der Waals surface area contributed by atoms with Gasteiger partial charge >= 0.3 is 5.97 Å². The fourth-order valence-electron chi connectivity index (χ4n) is 8.07. The summed E-state index contributed by atoms with van der Waals surface area (Å²) in [4.78, 5) is 25.0. The summed E-state index contributed by atoms with van der Waals surface area (Å²) in [7, 11) is 0. The van der Waals surface area contributed by atoms with Crippen LogP contribution in [0.1, 0.15) is 124 Å². The topological polar surface area (TPSA) is 43.4 Å². The molecule has 0 heterocycles. The third-order valence-electron chi connectivity index (χ3n) is 9.73. The Morgan fingerprint density at radius 2 is 1.74 bits per heavy atom. The van der Waals surface area contributed by atoms with Crippen molar-refractivity contribution in [3.8, 4) is 0 Å². The van der Waals surface area contributed by atoms with Gasteiger partial charge in [-0.25, -0.2) is 0 Å². The van der Waals surface area contributed by atoms with Crippen molar-refractivity contribution in [1.29, 1.82) is 0 Å². The maximum atomic E-state index is 12.7. The molecule has 0 spiro atoms. The smallest absolute Gasteiger partial charge is 0.306 e. The summed E-state index contributed by atoms with van der Waals surface area (Å²) >= 11 is 0. The molecule has 0 aliphatic heterocycles. The first-order valence-corrected chi connectivity index (χ1v) is 14.4. The lowest BCUT2D eigenvalue weighted by molar-refractivity contribution is -0.155. The maximum Gasteiger partial charge on any atom is 0.306 e. The van der Waals surface area contributed by atoms with E-state index in [0.717, 1.165) is 38.5 Å². The van der Waals surface area contributed by atoms with Gasteiger partial charge < -0.3 is 4.74 Å². The van der Waals surface area contributed by atoms with Crippen LogP contribution in [0.15, 0.2) is 23.3 Å². The molecule has 2 fully saturated rings. The Morgan fingerprint density at radius 1 is 1.03 bits per heavy atom. The van der Waals surface area contributed by atoms with Gasteiger partial charge in [-0.2, -0.15) is 0 Å². The van der Waals surface area contributed by atoms with Gasteiger partial charge in [-0.1, -0.05) is 89.9 Å². The third kappa shape index (κ3) is 5.24. The summed E-state index contributed by atoms with van der Waals surface area (Å²) in [6, 6.07) is 0. The molecule has 4 rings (SSSR count). The molecule has 0 aromatic rings. The van der Waals surface area contributed by atoms with E-state index in [-0.39, 0.29) is 22.9 Å². The highest BCUT2D eigenvalue weighted by Gasteiger charge is 2.56. The van der Waals surface area contributed by atoms with E-state index in [2.05, 4.69) is 33.8 Å². The largest absolute Gasteiger partial charge is 0.461 e. The molecule has 4 aliphatic rings. The number of rotatable bonds is 10. The Kier molecular flexibility index (Phi) is 8.09. The Labute approximate surface area is 208 Å². The zero-order valence-corrected chi connectivity index (χ0v) is 22.3. The molecule has 0 bridgehead atoms. The average Bonchev–Trinajstić information content (AvgIpc) is 3.10. The second kappa shape index (κ2) is 10.7. The number of ether oxygens (including phenoxy) is 1. The van der Waals surface area contributed by atoms with Crippen molar-refractivity contribution in [3.63, 3.8) is 0 Å². The maximum absolute atomic E-state index is 12.7. The van der Waals surface area contributed by atoms with Gasteiger partial charge in [0.1, 0.15) is 6.10 Å². The zero-order chi connectivity index (χ0) is 24.3. The summed E-state index contributed by atoms with van der Waals surface area (Å²) < 4.78 is 6.14. The molecular weight excluding hydrogens is 420 g/mol. The van der Waals surface area contributed by atoms with Crippen molar-refractivity contribution in [1.82, 2.24) is 0 Å². The van der Waals surface area contributed by atoms with Crippen LogP contribution in [0.25, 0.3) is 0 Å². The third-order valence-corrected chi connectivity index (χ3v) is 9.73. The molecule has 4 aliphatic carbocycles. The Balaban J connectivity index is 1.29. The molecule has 190 valence electrons. The van der Waals surface area contributed by atoms with Crippen LogP contribution in [0.5, 0.6) is 0 Å². The van der Waals surface area contributed by atoms with E-state index >= 15 is 0 Å². The lowest BCUT2D eigenvalue weighted by atomic mass is 9.49. The normalized spacial score (nSPS) is 33.9. The quantitative estimate of drug-likeness (QED) is 0.185. The Morgan fingerprint density at radius 3 is 2.47 bits per heavy atom. The Bertz CT molecular complexity index is 819. The van der Waals surface area contributed by atoms with Crippen LogP contribution in [-0.2, 0) is 14.3 Å². The van der Waals surface area contributed by atoms with Crippen LogP contribution in [0.3, 0.4) is 0 Å². The van der Waals surface area contributed by atoms with Crippen LogP contribution < -0.4 is 0 Å². The molecular formula is C31H48O3. The van der Waals surface area contributed by atoms with Crippen molar-refractivity contribution >= 4 is 11.8 Å². The summed E-state index contributed by atoms with van der Waals surface area (Å²) in [6.07, 6.45) is 21.0. The highest BCUT2D eigenvalue weighted by molar-refractivity contribution is 5.92. The molecule has 0 saturated heterocycles. The highest BCUT2D eigenvalue weighted by Crippen LogP contribution is 2.62. The number of carbonyl (C=O) groups is 2. The summed E-state index contributed by atoms with van der Waals surface area (Å²) in [5.74, 6) is 2.07. The minimum Gasteiger partial charge on any atom is -0.461 e. The standard InChI is InChI=1S/C31H48O3/c1-5-6-7-8-9-10-11-12-13-28(33)34-27-17-16-26-24-15-14-22-20-23(32)21-30(2,3)29(22)25(24)18-19-31(26,27)4/h16,20,24-25,27,29H,5-15,17-19,21H2,1-4H3/t24-,25+,27+,29+,31+/m1/s1. The molecule has 3 nitrogen and oxygen atoms in total. The van der Waals surface area contributed by atoms with Gasteiger partial charge in [-0.15, -0.1) is 0 Å². The van der Waals surface area contributed by atoms with E-state index in [1.165, 1.54) is 50.5 Å². The summed E-state index contributed by atoms with van der Waals surface area (Å²) in [5.41, 5.74) is 3.05. The van der Waals surface area contributed by atoms with Gasteiger partial charge in [0.2, 0.25) is 0 Å². The predicted octanol–water partition coefficient (Wildman–Crippen LogP) is 8.13. The van der Waals surface area contributed by atoms with Crippen LogP contribution >= 0.6 is 0 Å². The van der Waals surface area contributed by atoms with E-state index in [9.17, 15) is 9.59 Å². The van der Waals surface area contributed by atoms with E-state index in [1.807, 2.05) is 6.08 Å². The van der Waals surface area contributed by atoms with Gasteiger partial charge in [0.25, 0.3) is 0 Å². The van der Waals surface area contributed by atoms with Crippen molar-refractivity contribution in [2.75, 3.05) is 0 Å². The first-order chi connectivity index (χ1) is 16.3. The van der Waals surface area contributed by atoms with Crippen molar-refractivity contribution < 1.29 is 14.3 Å². The molecule has 34 heavy (non-hydrogen) atoms. The number of unbranched alkanes of at least 4 members (excludes halogenated alkanes) is 7. The van der Waals surface area contributed by atoms with E-state index in [4.69, 9.17) is 4.74 Å². The first-order valence-electron chi connectivity index (χ1n) is 14.4. The predicted molar refractivity (Wildman–Crippen MR) is 138 cm³/mol. The fraction of sp³-hybridized carbons (Fsp3) is 0.806. The highest BCUT2D eigenvalue weighted by atomic mass is 16.5. The number of fused-ring (bicyclic) bond motifs is 5. The van der Waals surface area contributed by atoms with Crippen LogP contribution in [-0.4, -0.2) is 17.9 Å². The van der Waals surface area contributed by atoms with Gasteiger partial charge in [0.05, 0.1) is 0 Å². The fourth-order valence-corrected chi connectivity index (χ4v) is 8.07. The number of ketones is 1. The molecule has 0 amide bonds. The van der Waals surface area contributed by atoms with Crippen molar-refractivity contribution in [2.24, 2.45) is 28.6 Å². The molecule has 0 N–H and O–H groups in total. The monoisotopic (exact) mass is 468 g/mol. The first kappa shape index (κ1) is 25.7. The van der Waals surface area contributed by atoms with Crippen LogP contribution in [0, 0.1) is 28.6 Å². The second-order valence-electron chi connectivity index (χ2n) is 12.7. The van der Waals surface area contributed by atoms with Gasteiger partial charge in [-0.3, -0.25) is 9.59 Å². The van der Waals surface area contributed by atoms with E-state index in [0.29, 0.717) is 36.4 Å². The number of allylic oxidation sites excluding steroid dienone is 2. The molecule has 0 aromatic heterocycles. The zero-order valence-electron chi connectivity index (χ0n) is 22.3. The lowest BCUT2D eigenvalue weighted by Gasteiger charge is -2.55. The van der Waals surface area contributed by atoms with Crippen molar-refractivity contribution in [2.45, 2.75) is 130 Å². The number of esters is 1. The molecule has 0 unspecified atom stereocenters. The number of hydrogen-bond donors (Lipinski definition) is 0. The second-order valence-corrected chi connectivity index (χ2v) is 12.7. The lowest BCUT2D eigenvalue weighted by Crippen LogP contribution is -2.49. The summed E-state index contributed by atoms with van der Waals surface area (Å²) in [6.45, 7) is 9.22. The molecule has 0 radical (unpaired) electrons. The van der Waals surface area contributed by atoms with Crippen LogP contribution in [0.2, 0.25) is 0 Å². The molecule has 0 aromatic carbocycles. The van der Waals surface area contributed by atoms with E-state index < -0.39 is 0 Å². The van der Waals surface area contributed by atoms with Crippen LogP contribution in [0.4, 0.5) is 0 Å². The average molecular weight is 469 g/mol. The van der Waals surface area contributed by atoms with Gasteiger partial charge in [0, 0.05) is 24.7 Å². The summed E-state index contributed by atoms with van der Waals surface area (Å²) in [5, 5.41) is 0. The number of carbonyl (C=O) groups excluding carboxylic acids is 2. The van der Waals surface area contributed by atoms with Gasteiger partial charge in [-0.05, 0) is 61.3 Å².